The molecular weight excluding hydrogens is 1070 g/mol. The van der Waals surface area contributed by atoms with Crippen molar-refractivity contribution in [2.24, 2.45) is 0 Å². The molecule has 2 aromatic carbocycles. The van der Waals surface area contributed by atoms with E-state index in [2.05, 4.69) is 62.3 Å². The molecule has 0 bridgehead atoms. The predicted octanol–water partition coefficient (Wildman–Crippen LogP) is 2.93. The van der Waals surface area contributed by atoms with E-state index in [0.717, 1.165) is 23.5 Å². The molecule has 1 atom stereocenters. The van der Waals surface area contributed by atoms with Crippen LogP contribution in [0.3, 0.4) is 0 Å². The quantitative estimate of drug-likeness (QED) is 0.0352. The second kappa shape index (κ2) is 33.6. The molecule has 0 amide bonds. The highest BCUT2D eigenvalue weighted by Gasteiger charge is 2.43. The van der Waals surface area contributed by atoms with Gasteiger partial charge in [-0.15, -0.1) is 0 Å². The Kier molecular flexibility index (Phi) is 31.1. The molecule has 24 heteroatoms. The van der Waals surface area contributed by atoms with Crippen LogP contribution in [0.4, 0.5) is 5.69 Å². The number of unbranched alkanes of at least 4 members (excludes halogenated alkanes) is 2. The summed E-state index contributed by atoms with van der Waals surface area (Å²) in [6.45, 7) is 33.4. The zero-order valence-corrected chi connectivity index (χ0v) is 49.8. The Morgan fingerprint density at radius 2 is 1.12 bits per heavy atom. The van der Waals surface area contributed by atoms with Gasteiger partial charge in [-0.05, 0) is 130 Å². The topological polar surface area (TPSA) is 287 Å². The Morgan fingerprint density at radius 3 is 1.57 bits per heavy atom. The van der Waals surface area contributed by atoms with Crippen molar-refractivity contribution in [1.82, 2.24) is 0 Å². The van der Waals surface area contributed by atoms with Crippen molar-refractivity contribution in [1.29, 1.82) is 0 Å². The number of hydrogen-bond donors (Lipinski definition) is 4. The lowest BCUT2D eigenvalue weighted by molar-refractivity contribution is -0.894. The van der Waals surface area contributed by atoms with Gasteiger partial charge in [0.2, 0.25) is 5.52 Å². The normalized spacial score (nSPS) is 15.6. The first-order valence-electron chi connectivity index (χ1n) is 26.0. The van der Waals surface area contributed by atoms with Crippen LogP contribution in [-0.4, -0.2) is 140 Å². The maximum absolute atomic E-state index is 12.0. The molecule has 2 heterocycles. The highest BCUT2D eigenvalue weighted by molar-refractivity contribution is 7.86. The number of carboxylic acids is 1. The first kappa shape index (κ1) is 69.4. The molecular formula is C51H85N5O14S5. The summed E-state index contributed by atoms with van der Waals surface area (Å²) in [5.41, 5.74) is 1.12. The summed E-state index contributed by atoms with van der Waals surface area (Å²) in [6.07, 6.45) is 9.89. The Morgan fingerprint density at radius 1 is 0.640 bits per heavy atom. The number of allylic oxidation sites excluding steroid dienone is 5. The van der Waals surface area contributed by atoms with Crippen LogP contribution in [0.25, 0.3) is 16.3 Å². The van der Waals surface area contributed by atoms with Crippen LogP contribution < -0.4 is 24.2 Å². The number of aliphatic carboxylic acids is 1. The third-order valence-electron chi connectivity index (χ3n) is 13.3. The molecule has 428 valence electrons. The fraction of sp³-hybridized carbons (Fsp3) is 0.608. The van der Waals surface area contributed by atoms with Crippen LogP contribution in [-0.2, 0) is 57.2 Å². The smallest absolute Gasteiger partial charge is 0.303 e. The minimum absolute atomic E-state index is 0.0407. The number of aromatic nitrogens is 1. The van der Waals surface area contributed by atoms with Crippen molar-refractivity contribution in [2.75, 3.05) is 81.9 Å². The van der Waals surface area contributed by atoms with Crippen LogP contribution in [0.5, 0.6) is 0 Å². The Bertz CT molecular complexity index is 2720. The fourth-order valence-corrected chi connectivity index (χ4v) is 11.8. The third kappa shape index (κ3) is 24.7. The average Bonchev–Trinajstić information content (AvgIpc) is 3.79. The molecule has 1 aromatic heterocycles. The first-order valence-corrected chi connectivity index (χ1v) is 32.8. The molecule has 19 nitrogen and oxygen atoms in total. The van der Waals surface area contributed by atoms with Gasteiger partial charge in [0.15, 0.2) is 6.54 Å². The van der Waals surface area contributed by atoms with Gasteiger partial charge >= 0.3 is 5.97 Å². The van der Waals surface area contributed by atoms with Crippen LogP contribution in [0.15, 0.2) is 76.2 Å². The van der Waals surface area contributed by atoms with E-state index >= 15 is 0 Å². The summed E-state index contributed by atoms with van der Waals surface area (Å²) in [6, 6.07) is 7.62. The van der Waals surface area contributed by atoms with Crippen LogP contribution in [0.2, 0.25) is 0 Å². The van der Waals surface area contributed by atoms with Crippen molar-refractivity contribution in [2.45, 2.75) is 136 Å². The number of anilines is 1. The Balaban J connectivity index is 0.00000112. The monoisotopic (exact) mass is 1150 g/mol. The number of hydrogen-bond acceptors (Lipinski definition) is 15. The molecule has 3 aromatic rings. The van der Waals surface area contributed by atoms with E-state index in [1.54, 1.807) is 54.5 Å². The number of aryl methyl sites for hydroxylation is 1. The minimum atomic E-state index is -4.86. The number of thiazole rings is 1. The third-order valence-corrected chi connectivity index (χ3v) is 17.7. The van der Waals surface area contributed by atoms with Crippen molar-refractivity contribution < 1.29 is 81.1 Å². The molecule has 0 fully saturated rings. The zero-order valence-electron chi connectivity index (χ0n) is 45.7. The van der Waals surface area contributed by atoms with E-state index in [1.165, 1.54) is 83.2 Å². The summed E-state index contributed by atoms with van der Waals surface area (Å²) in [5, 5.41) is 9.58. The van der Waals surface area contributed by atoms with Gasteiger partial charge in [-0.1, -0.05) is 42.4 Å². The van der Waals surface area contributed by atoms with Gasteiger partial charge in [-0.25, -0.2) is 33.7 Å². The molecule has 4 N–H and O–H groups in total. The van der Waals surface area contributed by atoms with E-state index < -0.39 is 73.2 Å². The molecule has 1 unspecified atom stereocenters. The van der Waals surface area contributed by atoms with Crippen molar-refractivity contribution >= 4 is 79.8 Å². The average molecular weight is 1150 g/mol. The Hall–Kier alpha value is -3.66. The highest BCUT2D eigenvalue weighted by atomic mass is 32.2. The number of quaternary nitrogens is 3. The van der Waals surface area contributed by atoms with E-state index in [4.69, 9.17) is 5.11 Å². The summed E-state index contributed by atoms with van der Waals surface area (Å²) in [4.78, 5) is 16.9. The fourth-order valence-electron chi connectivity index (χ4n) is 8.62. The molecule has 1 aliphatic rings. The number of carboxylic acid groups (broad SMARTS) is 1. The minimum Gasteiger partial charge on any atom is -0.748 e. The lowest BCUT2D eigenvalue weighted by Crippen LogP contribution is -3.11. The van der Waals surface area contributed by atoms with Gasteiger partial charge < -0.3 is 42.9 Å². The SMILES string of the molecule is CC1(CCCCCC(=O)O)/C(=C/C=C/C=C/c2sc3cc(S(=O)(=O)[O-])ccc3[n+]2CCCS(=O)(=O)[O-])N(CCCS(=O)(=O)[O-])c2ccc(S(=O)(=O)[O-])cc21.CC[NH+](CC)CC.CC[NH+](CC)CC.CC[NH+](CC)CC. The predicted molar refractivity (Wildman–Crippen MR) is 292 cm³/mol. The molecule has 4 rings (SSSR count). The molecule has 75 heavy (non-hydrogen) atoms. The van der Waals surface area contributed by atoms with Gasteiger partial charge in [0.25, 0.3) is 5.01 Å². The van der Waals surface area contributed by atoms with Gasteiger partial charge in [-0.2, -0.15) is 4.57 Å². The van der Waals surface area contributed by atoms with E-state index in [0.29, 0.717) is 57.9 Å². The van der Waals surface area contributed by atoms with E-state index in [-0.39, 0.29) is 32.4 Å². The van der Waals surface area contributed by atoms with Gasteiger partial charge in [0.1, 0.15) is 24.9 Å². The molecule has 0 radical (unpaired) electrons. The highest BCUT2D eigenvalue weighted by Crippen LogP contribution is 2.51. The van der Waals surface area contributed by atoms with Crippen LogP contribution >= 0.6 is 11.3 Å². The van der Waals surface area contributed by atoms with Gasteiger partial charge in [-0.3, -0.25) is 4.79 Å². The number of fused-ring (bicyclic) bond motifs is 2. The molecule has 0 spiro atoms. The van der Waals surface area contributed by atoms with Crippen LogP contribution in [0, 0.1) is 0 Å². The lowest BCUT2D eigenvalue weighted by atomic mass is 9.77. The molecule has 0 aliphatic carbocycles. The summed E-state index contributed by atoms with van der Waals surface area (Å²) in [5.74, 6) is -2.25. The number of carbonyl (C=O) groups is 1. The maximum Gasteiger partial charge on any atom is 0.303 e. The van der Waals surface area contributed by atoms with Crippen LogP contribution in [0.1, 0.15) is 125 Å². The summed E-state index contributed by atoms with van der Waals surface area (Å²) in [7, 11) is -18.7. The number of nitrogens with zero attached hydrogens (tertiary/aromatic N) is 2. The molecule has 1 aliphatic heterocycles. The Labute approximate surface area is 453 Å². The van der Waals surface area contributed by atoms with Gasteiger partial charge in [0, 0.05) is 59.8 Å². The summed E-state index contributed by atoms with van der Waals surface area (Å²) < 4.78 is 141. The van der Waals surface area contributed by atoms with Gasteiger partial charge in [0.05, 0.1) is 88.9 Å². The second-order valence-corrected chi connectivity index (χ2v) is 25.1. The van der Waals surface area contributed by atoms with E-state index in [1.807, 2.05) is 6.92 Å². The molecule has 0 saturated heterocycles. The zero-order chi connectivity index (χ0) is 57.2. The van der Waals surface area contributed by atoms with Crippen molar-refractivity contribution in [3.8, 4) is 0 Å². The largest absolute Gasteiger partial charge is 0.748 e. The number of nitrogens with one attached hydrogen (secondary N) is 3. The van der Waals surface area contributed by atoms with E-state index in [9.17, 15) is 56.7 Å². The maximum atomic E-state index is 12.0. The summed E-state index contributed by atoms with van der Waals surface area (Å²) >= 11 is 1.12. The second-order valence-electron chi connectivity index (χ2n) is 18.2. The first-order chi connectivity index (χ1) is 35.0. The lowest BCUT2D eigenvalue weighted by Gasteiger charge is -2.30. The standard InChI is InChI=1S/C33H40N2O14S5.3C6H15N/c1-33(17-7-3-6-12-32(36)37)26-22-24(53(44,45)46)13-15-27(26)34(18-8-20-51(38,39)40)30(33)10-4-2-5-11-31-35(19-9-21-52(41,42)43)28-16-14-25(54(47,48)49)23-29(28)50-31;3*1-4-7(5-2)6-3/h2,4-5,10-11,13-16,22-23H,3,6-9,12,17-21H2,1H3,(H4-,36,37,38,39,40,41,42,43,44,45,46,47,48,49);3*4-6H2,1-3H3. The molecule has 0 saturated carbocycles. The number of benzene rings is 2. The number of rotatable bonds is 28. The van der Waals surface area contributed by atoms with Crippen molar-refractivity contribution in [3.63, 3.8) is 0 Å². The van der Waals surface area contributed by atoms with Crippen molar-refractivity contribution in [3.05, 3.63) is 77.0 Å².